The lowest BCUT2D eigenvalue weighted by molar-refractivity contribution is 0.467. The molecular formula is C21H20BrNO. The SMILES string of the molecule is CN(C)c1ccc(C(c2ccccc2O)c2ccccc2Br)cc1. The van der Waals surface area contributed by atoms with Gasteiger partial charge in [-0.25, -0.2) is 0 Å². The molecule has 1 unspecified atom stereocenters. The first kappa shape index (κ1) is 16.6. The molecule has 3 rings (SSSR count). The van der Waals surface area contributed by atoms with Crippen LogP contribution in [0.4, 0.5) is 5.69 Å². The van der Waals surface area contributed by atoms with Crippen molar-refractivity contribution in [3.63, 3.8) is 0 Å². The summed E-state index contributed by atoms with van der Waals surface area (Å²) in [5.74, 6) is 0.285. The van der Waals surface area contributed by atoms with E-state index in [-0.39, 0.29) is 5.92 Å². The van der Waals surface area contributed by atoms with Crippen molar-refractivity contribution < 1.29 is 5.11 Å². The third-order valence-corrected chi connectivity index (χ3v) is 4.93. The first-order chi connectivity index (χ1) is 11.6. The van der Waals surface area contributed by atoms with Crippen LogP contribution in [0.5, 0.6) is 5.75 Å². The molecule has 3 heteroatoms. The van der Waals surface area contributed by atoms with E-state index in [1.807, 2.05) is 50.5 Å². The lowest BCUT2D eigenvalue weighted by Gasteiger charge is -2.22. The standard InChI is InChI=1S/C21H20BrNO/c1-23(2)16-13-11-15(12-14-16)21(17-7-3-5-9-19(17)22)18-8-4-6-10-20(18)24/h3-14,21,24H,1-2H3. The molecule has 122 valence electrons. The highest BCUT2D eigenvalue weighted by atomic mass is 79.9. The number of phenols is 1. The van der Waals surface area contributed by atoms with Gasteiger partial charge in [0.25, 0.3) is 0 Å². The number of rotatable bonds is 4. The topological polar surface area (TPSA) is 23.5 Å². The molecular weight excluding hydrogens is 362 g/mol. The van der Waals surface area contributed by atoms with Gasteiger partial charge in [-0.3, -0.25) is 0 Å². The van der Waals surface area contributed by atoms with Crippen molar-refractivity contribution in [1.29, 1.82) is 0 Å². The van der Waals surface area contributed by atoms with Crippen molar-refractivity contribution in [2.75, 3.05) is 19.0 Å². The van der Waals surface area contributed by atoms with Gasteiger partial charge in [0.1, 0.15) is 5.75 Å². The van der Waals surface area contributed by atoms with Crippen molar-refractivity contribution in [3.8, 4) is 5.75 Å². The summed E-state index contributed by atoms with van der Waals surface area (Å²) in [5.41, 5.74) is 4.34. The van der Waals surface area contributed by atoms with Crippen LogP contribution in [0.1, 0.15) is 22.6 Å². The maximum atomic E-state index is 10.4. The second-order valence-electron chi connectivity index (χ2n) is 6.00. The van der Waals surface area contributed by atoms with E-state index in [2.05, 4.69) is 51.2 Å². The molecule has 0 spiro atoms. The van der Waals surface area contributed by atoms with Crippen LogP contribution >= 0.6 is 15.9 Å². The molecule has 3 aromatic rings. The van der Waals surface area contributed by atoms with Gasteiger partial charge < -0.3 is 10.0 Å². The zero-order valence-electron chi connectivity index (χ0n) is 13.8. The van der Waals surface area contributed by atoms with Gasteiger partial charge in [0.15, 0.2) is 0 Å². The highest BCUT2D eigenvalue weighted by molar-refractivity contribution is 9.10. The monoisotopic (exact) mass is 381 g/mol. The molecule has 1 N–H and O–H groups in total. The highest BCUT2D eigenvalue weighted by Crippen LogP contribution is 2.39. The lowest BCUT2D eigenvalue weighted by atomic mass is 9.84. The highest BCUT2D eigenvalue weighted by Gasteiger charge is 2.21. The molecule has 24 heavy (non-hydrogen) atoms. The smallest absolute Gasteiger partial charge is 0.119 e. The Labute approximate surface area is 151 Å². The molecule has 0 bridgehead atoms. The second-order valence-corrected chi connectivity index (χ2v) is 6.85. The average Bonchev–Trinajstić information content (AvgIpc) is 2.59. The van der Waals surface area contributed by atoms with Crippen LogP contribution in [0, 0.1) is 0 Å². The number of nitrogens with zero attached hydrogens (tertiary/aromatic N) is 1. The lowest BCUT2D eigenvalue weighted by Crippen LogP contribution is -2.09. The van der Waals surface area contributed by atoms with E-state index in [1.54, 1.807) is 6.07 Å². The minimum atomic E-state index is -0.0296. The molecule has 0 fully saturated rings. The summed E-state index contributed by atoms with van der Waals surface area (Å²) in [4.78, 5) is 2.08. The Hall–Kier alpha value is -2.26. The Morgan fingerprint density at radius 3 is 1.96 bits per heavy atom. The molecule has 2 nitrogen and oxygen atoms in total. The molecule has 0 radical (unpaired) electrons. The van der Waals surface area contributed by atoms with Gasteiger partial charge in [0.2, 0.25) is 0 Å². The fourth-order valence-corrected chi connectivity index (χ4v) is 3.45. The number of anilines is 1. The predicted molar refractivity (Wildman–Crippen MR) is 104 cm³/mol. The van der Waals surface area contributed by atoms with Crippen LogP contribution in [0.3, 0.4) is 0 Å². The van der Waals surface area contributed by atoms with Crippen molar-refractivity contribution >= 4 is 21.6 Å². The van der Waals surface area contributed by atoms with Gasteiger partial charge in [0.05, 0.1) is 0 Å². The number of hydrogen-bond acceptors (Lipinski definition) is 2. The molecule has 0 amide bonds. The zero-order chi connectivity index (χ0) is 17.1. The predicted octanol–water partition coefficient (Wildman–Crippen LogP) is 5.40. The number of halogens is 1. The van der Waals surface area contributed by atoms with Gasteiger partial charge in [-0.1, -0.05) is 64.5 Å². The van der Waals surface area contributed by atoms with E-state index in [1.165, 1.54) is 0 Å². The van der Waals surface area contributed by atoms with Gasteiger partial charge in [-0.15, -0.1) is 0 Å². The molecule has 0 aromatic heterocycles. The van der Waals surface area contributed by atoms with E-state index in [0.717, 1.165) is 26.9 Å². The number of aromatic hydroxyl groups is 1. The quantitative estimate of drug-likeness (QED) is 0.611. The molecule has 0 saturated carbocycles. The van der Waals surface area contributed by atoms with E-state index >= 15 is 0 Å². The number of benzene rings is 3. The van der Waals surface area contributed by atoms with Crippen molar-refractivity contribution in [2.45, 2.75) is 5.92 Å². The van der Waals surface area contributed by atoms with E-state index in [0.29, 0.717) is 5.75 Å². The molecule has 0 heterocycles. The maximum absolute atomic E-state index is 10.4. The Bertz CT molecular complexity index is 782. The van der Waals surface area contributed by atoms with Crippen molar-refractivity contribution in [3.05, 3.63) is 94.0 Å². The summed E-state index contributed by atoms with van der Waals surface area (Å²) in [6, 6.07) is 24.2. The fraction of sp³-hybridized carbons (Fsp3) is 0.143. The third kappa shape index (κ3) is 3.31. The van der Waals surface area contributed by atoms with Crippen LogP contribution < -0.4 is 4.90 Å². The Balaban J connectivity index is 2.16. The van der Waals surface area contributed by atoms with Gasteiger partial charge in [-0.05, 0) is 35.4 Å². The van der Waals surface area contributed by atoms with Crippen LogP contribution in [0.2, 0.25) is 0 Å². The van der Waals surface area contributed by atoms with E-state index < -0.39 is 0 Å². The Morgan fingerprint density at radius 2 is 1.38 bits per heavy atom. The summed E-state index contributed by atoms with van der Waals surface area (Å²) in [6.07, 6.45) is 0. The maximum Gasteiger partial charge on any atom is 0.119 e. The normalized spacial score (nSPS) is 12.0. The molecule has 0 aliphatic carbocycles. The minimum absolute atomic E-state index is 0.0296. The van der Waals surface area contributed by atoms with Gasteiger partial charge in [0, 0.05) is 35.7 Å². The number of hydrogen-bond donors (Lipinski definition) is 1. The van der Waals surface area contributed by atoms with Crippen LogP contribution in [-0.2, 0) is 0 Å². The largest absolute Gasteiger partial charge is 0.508 e. The first-order valence-electron chi connectivity index (χ1n) is 7.87. The Kier molecular flexibility index (Phi) is 4.91. The molecule has 0 saturated heterocycles. The van der Waals surface area contributed by atoms with Gasteiger partial charge in [-0.2, -0.15) is 0 Å². The van der Waals surface area contributed by atoms with Crippen LogP contribution in [-0.4, -0.2) is 19.2 Å². The third-order valence-electron chi connectivity index (χ3n) is 4.21. The van der Waals surface area contributed by atoms with E-state index in [4.69, 9.17) is 0 Å². The summed E-state index contributed by atoms with van der Waals surface area (Å²) in [6.45, 7) is 0. The number of para-hydroxylation sites is 1. The average molecular weight is 382 g/mol. The van der Waals surface area contributed by atoms with Crippen LogP contribution in [0.25, 0.3) is 0 Å². The van der Waals surface area contributed by atoms with Gasteiger partial charge >= 0.3 is 0 Å². The zero-order valence-corrected chi connectivity index (χ0v) is 15.4. The summed E-state index contributed by atoms with van der Waals surface area (Å²) in [7, 11) is 4.06. The second kappa shape index (κ2) is 7.10. The van der Waals surface area contributed by atoms with Crippen molar-refractivity contribution in [1.82, 2.24) is 0 Å². The molecule has 1 atom stereocenters. The first-order valence-corrected chi connectivity index (χ1v) is 8.67. The summed E-state index contributed by atoms with van der Waals surface area (Å²) >= 11 is 3.66. The van der Waals surface area contributed by atoms with E-state index in [9.17, 15) is 5.11 Å². The summed E-state index contributed by atoms with van der Waals surface area (Å²) < 4.78 is 1.04. The molecule has 0 aliphatic rings. The van der Waals surface area contributed by atoms with Crippen molar-refractivity contribution in [2.24, 2.45) is 0 Å². The molecule has 0 aliphatic heterocycles. The minimum Gasteiger partial charge on any atom is -0.508 e. The Morgan fingerprint density at radius 1 is 0.792 bits per heavy atom. The number of phenolic OH excluding ortho intramolecular Hbond substituents is 1. The fourth-order valence-electron chi connectivity index (χ4n) is 2.93. The summed E-state index contributed by atoms with van der Waals surface area (Å²) in [5, 5.41) is 10.4. The molecule has 3 aromatic carbocycles. The van der Waals surface area contributed by atoms with Crippen LogP contribution in [0.15, 0.2) is 77.3 Å².